The maximum atomic E-state index is 12.4. The van der Waals surface area contributed by atoms with Crippen LogP contribution in [0.25, 0.3) is 10.9 Å². The topological polar surface area (TPSA) is 124 Å². The molecule has 1 heterocycles. The molecule has 3 aromatic rings. The summed E-state index contributed by atoms with van der Waals surface area (Å²) < 4.78 is 0.717. The Morgan fingerprint density at radius 2 is 1.69 bits per heavy atom. The van der Waals surface area contributed by atoms with E-state index in [1.54, 1.807) is 36.4 Å². The van der Waals surface area contributed by atoms with Crippen LogP contribution in [0.2, 0.25) is 0 Å². The molecule has 0 radical (unpaired) electrons. The average Bonchev–Trinajstić information content (AvgIpc) is 2.63. The van der Waals surface area contributed by atoms with E-state index in [0.717, 1.165) is 4.57 Å². The summed E-state index contributed by atoms with van der Waals surface area (Å²) in [6.45, 7) is -0.615. The number of hydrogen-bond acceptors (Lipinski definition) is 5. The van der Waals surface area contributed by atoms with Gasteiger partial charge >= 0.3 is 5.69 Å². The summed E-state index contributed by atoms with van der Waals surface area (Å²) in [5, 5.41) is 13.9. The Morgan fingerprint density at radius 3 is 2.38 bits per heavy atom. The van der Waals surface area contributed by atoms with Gasteiger partial charge in [-0.1, -0.05) is 42.5 Å². The molecule has 1 amide bonds. The number of H-pyrrole nitrogens is 1. The molecule has 0 saturated carbocycles. The van der Waals surface area contributed by atoms with E-state index in [1.165, 1.54) is 18.2 Å². The number of carbonyl (C=O) groups excluding carboxylic acids is 2. The molecule has 1 aromatic heterocycles. The number of nitrogens with one attached hydrogen (secondary N) is 2. The van der Waals surface area contributed by atoms with E-state index < -0.39 is 35.7 Å². The molecule has 2 N–H and O–H groups in total. The van der Waals surface area contributed by atoms with Crippen LogP contribution in [0, 0.1) is 0 Å². The lowest BCUT2D eigenvalue weighted by Gasteiger charge is -2.20. The molecular formula is C18H14N3O5-. The molecule has 2 aromatic carbocycles. The van der Waals surface area contributed by atoms with Crippen LogP contribution in [0.15, 0.2) is 64.2 Å². The van der Waals surface area contributed by atoms with Gasteiger partial charge in [0.05, 0.1) is 22.9 Å². The highest BCUT2D eigenvalue weighted by Crippen LogP contribution is 2.11. The van der Waals surface area contributed by atoms with Crippen molar-refractivity contribution in [1.82, 2.24) is 14.9 Å². The lowest BCUT2D eigenvalue weighted by atomic mass is 10.1. The van der Waals surface area contributed by atoms with E-state index in [1.807, 2.05) is 0 Å². The quantitative estimate of drug-likeness (QED) is 0.628. The summed E-state index contributed by atoms with van der Waals surface area (Å²) in [6, 6.07) is 13.0. The maximum absolute atomic E-state index is 12.4. The first-order chi connectivity index (χ1) is 12.5. The minimum absolute atomic E-state index is 0.249. The Labute approximate surface area is 146 Å². The summed E-state index contributed by atoms with van der Waals surface area (Å²) in [7, 11) is 0. The van der Waals surface area contributed by atoms with Crippen molar-refractivity contribution in [2.45, 2.75) is 12.6 Å². The third-order valence-electron chi connectivity index (χ3n) is 3.87. The van der Waals surface area contributed by atoms with Crippen LogP contribution in [0.3, 0.4) is 0 Å². The fourth-order valence-electron chi connectivity index (χ4n) is 2.62. The van der Waals surface area contributed by atoms with E-state index in [4.69, 9.17) is 0 Å². The zero-order chi connectivity index (χ0) is 18.7. The van der Waals surface area contributed by atoms with Gasteiger partial charge in [-0.05, 0) is 17.7 Å². The SMILES string of the molecule is O=C(Cn1c(=O)[nH]c2ccccc2c1=O)N[C@@H](C(=O)[O-])c1ccccc1. The molecule has 3 rings (SSSR count). The zero-order valence-corrected chi connectivity index (χ0v) is 13.5. The summed E-state index contributed by atoms with van der Waals surface area (Å²) in [6.07, 6.45) is 0. The van der Waals surface area contributed by atoms with Gasteiger partial charge in [-0.3, -0.25) is 14.2 Å². The van der Waals surface area contributed by atoms with Crippen molar-refractivity contribution in [3.63, 3.8) is 0 Å². The lowest BCUT2D eigenvalue weighted by molar-refractivity contribution is -0.308. The minimum atomic E-state index is -1.50. The highest BCUT2D eigenvalue weighted by Gasteiger charge is 2.17. The second-order valence-corrected chi connectivity index (χ2v) is 5.60. The number of carboxylic acids is 1. The third kappa shape index (κ3) is 3.39. The van der Waals surface area contributed by atoms with Crippen molar-refractivity contribution in [2.24, 2.45) is 0 Å². The number of hydrogen-bond donors (Lipinski definition) is 2. The molecule has 1 atom stereocenters. The number of carbonyl (C=O) groups is 2. The Morgan fingerprint density at radius 1 is 1.04 bits per heavy atom. The van der Waals surface area contributed by atoms with Gasteiger partial charge < -0.3 is 20.2 Å². The molecule has 0 spiro atoms. The van der Waals surface area contributed by atoms with Crippen molar-refractivity contribution in [3.05, 3.63) is 81.0 Å². The fourth-order valence-corrected chi connectivity index (χ4v) is 2.62. The largest absolute Gasteiger partial charge is 0.548 e. The van der Waals surface area contributed by atoms with Gasteiger partial charge in [0, 0.05) is 0 Å². The zero-order valence-electron chi connectivity index (χ0n) is 13.5. The molecule has 0 saturated heterocycles. The highest BCUT2D eigenvalue weighted by molar-refractivity contribution is 5.84. The van der Waals surface area contributed by atoms with Crippen molar-refractivity contribution < 1.29 is 14.7 Å². The number of amides is 1. The first-order valence-electron chi connectivity index (χ1n) is 7.74. The van der Waals surface area contributed by atoms with E-state index >= 15 is 0 Å². The molecule has 132 valence electrons. The number of aromatic amines is 1. The molecule has 26 heavy (non-hydrogen) atoms. The fraction of sp³-hybridized carbons (Fsp3) is 0.111. The molecule has 8 heteroatoms. The predicted octanol–water partition coefficient (Wildman–Crippen LogP) is -0.703. The average molecular weight is 352 g/mol. The number of fused-ring (bicyclic) bond motifs is 1. The van der Waals surface area contributed by atoms with Gasteiger partial charge in [0.1, 0.15) is 6.54 Å². The van der Waals surface area contributed by atoms with Crippen LogP contribution in [0.1, 0.15) is 11.6 Å². The van der Waals surface area contributed by atoms with Crippen LogP contribution < -0.4 is 21.7 Å². The number of carboxylic acid groups (broad SMARTS) is 1. The number of rotatable bonds is 5. The van der Waals surface area contributed by atoms with Gasteiger partial charge in [-0.25, -0.2) is 4.79 Å². The lowest BCUT2D eigenvalue weighted by Crippen LogP contribution is -2.45. The standard InChI is InChI=1S/C18H15N3O5/c22-14(20-15(17(24)25)11-6-2-1-3-7-11)10-21-16(23)12-8-4-5-9-13(12)19-18(21)26/h1-9,15H,10H2,(H,19,26)(H,20,22)(H,24,25)/p-1/t15-/m1/s1. The first kappa shape index (κ1) is 17.2. The van der Waals surface area contributed by atoms with Gasteiger partial charge in [0.25, 0.3) is 5.56 Å². The van der Waals surface area contributed by atoms with Crippen LogP contribution in [-0.2, 0) is 16.1 Å². The summed E-state index contributed by atoms with van der Waals surface area (Å²) in [5.41, 5.74) is -0.713. The van der Waals surface area contributed by atoms with Crippen LogP contribution in [0.4, 0.5) is 0 Å². The van der Waals surface area contributed by atoms with Crippen LogP contribution in [0.5, 0.6) is 0 Å². The normalized spacial score (nSPS) is 11.8. The van der Waals surface area contributed by atoms with E-state index in [9.17, 15) is 24.3 Å². The molecule has 0 unspecified atom stereocenters. The molecule has 8 nitrogen and oxygen atoms in total. The van der Waals surface area contributed by atoms with Gasteiger partial charge in [0.2, 0.25) is 5.91 Å². The number of benzene rings is 2. The van der Waals surface area contributed by atoms with Gasteiger partial charge in [-0.15, -0.1) is 0 Å². The Hall–Kier alpha value is -3.68. The second-order valence-electron chi connectivity index (χ2n) is 5.60. The number of para-hydroxylation sites is 1. The van der Waals surface area contributed by atoms with Crippen LogP contribution in [-0.4, -0.2) is 21.4 Å². The maximum Gasteiger partial charge on any atom is 0.329 e. The molecule has 0 aliphatic carbocycles. The summed E-state index contributed by atoms with van der Waals surface area (Å²) in [4.78, 5) is 50.6. The molecule has 0 aliphatic heterocycles. The minimum Gasteiger partial charge on any atom is -0.548 e. The molecule has 0 aliphatic rings. The predicted molar refractivity (Wildman–Crippen MR) is 91.2 cm³/mol. The smallest absolute Gasteiger partial charge is 0.329 e. The highest BCUT2D eigenvalue weighted by atomic mass is 16.4. The summed E-state index contributed by atoms with van der Waals surface area (Å²) >= 11 is 0. The number of aromatic nitrogens is 2. The van der Waals surface area contributed by atoms with Crippen molar-refractivity contribution in [3.8, 4) is 0 Å². The Kier molecular flexibility index (Phi) is 4.66. The van der Waals surface area contributed by atoms with Crippen molar-refractivity contribution in [2.75, 3.05) is 0 Å². The molecule has 0 bridgehead atoms. The monoisotopic (exact) mass is 352 g/mol. The van der Waals surface area contributed by atoms with E-state index in [0.29, 0.717) is 11.1 Å². The molecular weight excluding hydrogens is 338 g/mol. The van der Waals surface area contributed by atoms with Gasteiger partial charge in [-0.2, -0.15) is 0 Å². The van der Waals surface area contributed by atoms with E-state index in [-0.39, 0.29) is 5.39 Å². The first-order valence-corrected chi connectivity index (χ1v) is 7.74. The van der Waals surface area contributed by atoms with Gasteiger partial charge in [0.15, 0.2) is 0 Å². The van der Waals surface area contributed by atoms with E-state index in [2.05, 4.69) is 10.3 Å². The Bertz CT molecular complexity index is 1090. The molecule has 0 fully saturated rings. The van der Waals surface area contributed by atoms with Crippen molar-refractivity contribution >= 4 is 22.8 Å². The Balaban J connectivity index is 1.88. The summed E-state index contributed by atoms with van der Waals surface area (Å²) in [5.74, 6) is -2.30. The second kappa shape index (κ2) is 7.06. The third-order valence-corrected chi connectivity index (χ3v) is 3.87. The van der Waals surface area contributed by atoms with Crippen molar-refractivity contribution in [1.29, 1.82) is 0 Å². The number of aliphatic carboxylic acids is 1. The van der Waals surface area contributed by atoms with Crippen LogP contribution >= 0.6 is 0 Å². The number of nitrogens with zero attached hydrogens (tertiary/aromatic N) is 1.